The lowest BCUT2D eigenvalue weighted by Crippen LogP contribution is -2.34. The lowest BCUT2D eigenvalue weighted by Gasteiger charge is -2.26. The Morgan fingerprint density at radius 1 is 1.35 bits per heavy atom. The number of phenols is 1. The van der Waals surface area contributed by atoms with Gasteiger partial charge in [0.25, 0.3) is 0 Å². The Morgan fingerprint density at radius 3 is 2.55 bits per heavy atom. The van der Waals surface area contributed by atoms with Crippen molar-refractivity contribution < 1.29 is 9.84 Å². The number of likely N-dealkylation sites (tertiary alicyclic amines) is 1. The third-order valence-electron chi connectivity index (χ3n) is 4.50. The van der Waals surface area contributed by atoms with Crippen LogP contribution in [-0.4, -0.2) is 55.2 Å². The molecule has 112 valence electrons. The second kappa shape index (κ2) is 6.02. The van der Waals surface area contributed by atoms with Crippen LogP contribution in [-0.2, 0) is 0 Å². The minimum absolute atomic E-state index is 0.216. The van der Waals surface area contributed by atoms with Crippen LogP contribution in [0.5, 0.6) is 11.5 Å². The van der Waals surface area contributed by atoms with Gasteiger partial charge in [-0.2, -0.15) is 0 Å². The maximum atomic E-state index is 10.2. The fourth-order valence-electron chi connectivity index (χ4n) is 3.18. The minimum Gasteiger partial charge on any atom is -0.507 e. The van der Waals surface area contributed by atoms with E-state index in [1.165, 1.54) is 0 Å². The molecule has 1 saturated heterocycles. The molecule has 0 amide bonds. The Hall–Kier alpha value is -1.26. The first kappa shape index (κ1) is 15.1. The summed E-state index contributed by atoms with van der Waals surface area (Å²) < 4.78 is 5.14. The van der Waals surface area contributed by atoms with Crippen molar-refractivity contribution in [2.75, 3.05) is 34.3 Å². The zero-order valence-electron chi connectivity index (χ0n) is 13.1. The van der Waals surface area contributed by atoms with Gasteiger partial charge in [-0.25, -0.2) is 0 Å². The zero-order valence-corrected chi connectivity index (χ0v) is 13.1. The van der Waals surface area contributed by atoms with Crippen molar-refractivity contribution in [1.29, 1.82) is 0 Å². The van der Waals surface area contributed by atoms with Gasteiger partial charge < -0.3 is 14.7 Å². The van der Waals surface area contributed by atoms with Crippen molar-refractivity contribution in [3.05, 3.63) is 23.8 Å². The van der Waals surface area contributed by atoms with E-state index in [2.05, 4.69) is 37.7 Å². The Labute approximate surface area is 122 Å². The predicted molar refractivity (Wildman–Crippen MR) is 81.3 cm³/mol. The smallest absolute Gasteiger partial charge is 0.124 e. The fraction of sp³-hybridized carbons (Fsp3) is 0.625. The summed E-state index contributed by atoms with van der Waals surface area (Å²) in [5, 5.41) is 10.2. The maximum absolute atomic E-state index is 10.2. The van der Waals surface area contributed by atoms with Crippen molar-refractivity contribution in [2.24, 2.45) is 5.92 Å². The number of ether oxygens (including phenoxy) is 1. The lowest BCUT2D eigenvalue weighted by atomic mass is 10.1. The summed E-state index contributed by atoms with van der Waals surface area (Å²) in [6, 6.07) is 6.36. The summed E-state index contributed by atoms with van der Waals surface area (Å²) in [6.07, 6.45) is 0. The molecular weight excluding hydrogens is 252 g/mol. The minimum atomic E-state index is 0.216. The molecular formula is C16H26N2O2. The molecule has 2 rings (SSSR count). The van der Waals surface area contributed by atoms with E-state index in [-0.39, 0.29) is 6.04 Å². The van der Waals surface area contributed by atoms with E-state index in [1.54, 1.807) is 13.2 Å². The Balaban J connectivity index is 2.14. The number of phenolic OH excluding ortho intramolecular Hbond substituents is 1. The molecule has 1 aromatic rings. The molecule has 4 nitrogen and oxygen atoms in total. The molecule has 0 aliphatic carbocycles. The molecule has 1 aliphatic rings. The highest BCUT2D eigenvalue weighted by atomic mass is 16.5. The highest BCUT2D eigenvalue weighted by Crippen LogP contribution is 2.34. The molecule has 0 saturated carbocycles. The van der Waals surface area contributed by atoms with Crippen LogP contribution >= 0.6 is 0 Å². The Morgan fingerprint density at radius 2 is 2.05 bits per heavy atom. The molecule has 0 aromatic heterocycles. The van der Waals surface area contributed by atoms with Crippen LogP contribution in [0.2, 0.25) is 0 Å². The van der Waals surface area contributed by atoms with Crippen molar-refractivity contribution in [3.8, 4) is 11.5 Å². The number of hydrogen-bond acceptors (Lipinski definition) is 4. The maximum Gasteiger partial charge on any atom is 0.124 e. The molecule has 4 heteroatoms. The first-order chi connectivity index (χ1) is 9.43. The van der Waals surface area contributed by atoms with Crippen LogP contribution in [0.15, 0.2) is 18.2 Å². The van der Waals surface area contributed by atoms with E-state index in [9.17, 15) is 5.11 Å². The van der Waals surface area contributed by atoms with Gasteiger partial charge in [0.05, 0.1) is 7.11 Å². The standard InChI is InChI=1S/C16H26N2O2/c1-11-9-18(10-15(11)17(3)4)12(2)14-7-6-13(20-5)8-16(14)19/h6-8,11-12,15,19H,9-10H2,1-5H3. The third-order valence-corrected chi connectivity index (χ3v) is 4.50. The summed E-state index contributed by atoms with van der Waals surface area (Å²) in [7, 11) is 5.89. The number of likely N-dealkylation sites (N-methyl/N-ethyl adjacent to an activating group) is 1. The van der Waals surface area contributed by atoms with Crippen molar-refractivity contribution in [2.45, 2.75) is 25.9 Å². The monoisotopic (exact) mass is 278 g/mol. The van der Waals surface area contributed by atoms with Crippen molar-refractivity contribution >= 4 is 0 Å². The van der Waals surface area contributed by atoms with Crippen molar-refractivity contribution in [3.63, 3.8) is 0 Å². The quantitative estimate of drug-likeness (QED) is 0.917. The summed E-state index contributed by atoms with van der Waals surface area (Å²) in [5.74, 6) is 1.66. The average molecular weight is 278 g/mol. The highest BCUT2D eigenvalue weighted by molar-refractivity contribution is 5.41. The summed E-state index contributed by atoms with van der Waals surface area (Å²) in [6.45, 7) is 6.56. The molecule has 1 aliphatic heterocycles. The van der Waals surface area contributed by atoms with Crippen LogP contribution in [0.25, 0.3) is 0 Å². The van der Waals surface area contributed by atoms with Gasteiger partial charge in [-0.05, 0) is 33.0 Å². The fourth-order valence-corrected chi connectivity index (χ4v) is 3.18. The average Bonchev–Trinajstić information content (AvgIpc) is 2.80. The highest BCUT2D eigenvalue weighted by Gasteiger charge is 2.34. The van der Waals surface area contributed by atoms with Crippen LogP contribution in [0.4, 0.5) is 0 Å². The molecule has 1 aromatic carbocycles. The van der Waals surface area contributed by atoms with Gasteiger partial charge >= 0.3 is 0 Å². The van der Waals surface area contributed by atoms with Crippen LogP contribution in [0.3, 0.4) is 0 Å². The second-order valence-corrected chi connectivity index (χ2v) is 6.06. The molecule has 1 fully saturated rings. The second-order valence-electron chi connectivity index (χ2n) is 6.06. The van der Waals surface area contributed by atoms with Gasteiger partial charge in [-0.3, -0.25) is 4.90 Å². The summed E-state index contributed by atoms with van der Waals surface area (Å²) in [5.41, 5.74) is 0.970. The number of aromatic hydroxyl groups is 1. The molecule has 0 spiro atoms. The van der Waals surface area contributed by atoms with E-state index < -0.39 is 0 Å². The SMILES string of the molecule is COc1ccc(C(C)N2CC(C)C(N(C)C)C2)c(O)c1. The zero-order chi connectivity index (χ0) is 14.9. The third kappa shape index (κ3) is 2.91. The molecule has 1 N–H and O–H groups in total. The molecule has 20 heavy (non-hydrogen) atoms. The number of rotatable bonds is 4. The van der Waals surface area contributed by atoms with E-state index >= 15 is 0 Å². The first-order valence-electron chi connectivity index (χ1n) is 7.21. The van der Waals surface area contributed by atoms with Gasteiger partial charge in [-0.15, -0.1) is 0 Å². The van der Waals surface area contributed by atoms with E-state index in [1.807, 2.05) is 12.1 Å². The molecule has 1 heterocycles. The number of hydrogen-bond donors (Lipinski definition) is 1. The Bertz CT molecular complexity index is 462. The number of nitrogens with zero attached hydrogens (tertiary/aromatic N) is 2. The van der Waals surface area contributed by atoms with Crippen LogP contribution in [0, 0.1) is 5.92 Å². The van der Waals surface area contributed by atoms with Gasteiger partial charge in [0.2, 0.25) is 0 Å². The topological polar surface area (TPSA) is 35.9 Å². The van der Waals surface area contributed by atoms with E-state index in [0.29, 0.717) is 23.5 Å². The molecule has 3 unspecified atom stereocenters. The normalized spacial score (nSPS) is 25.1. The number of methoxy groups -OCH3 is 1. The van der Waals surface area contributed by atoms with Gasteiger partial charge in [0.15, 0.2) is 0 Å². The first-order valence-corrected chi connectivity index (χ1v) is 7.21. The molecule has 0 radical (unpaired) electrons. The molecule has 0 bridgehead atoms. The Kier molecular flexibility index (Phi) is 4.55. The summed E-state index contributed by atoms with van der Waals surface area (Å²) >= 11 is 0. The van der Waals surface area contributed by atoms with E-state index in [4.69, 9.17) is 4.74 Å². The van der Waals surface area contributed by atoms with E-state index in [0.717, 1.165) is 18.7 Å². The van der Waals surface area contributed by atoms with Crippen LogP contribution < -0.4 is 4.74 Å². The largest absolute Gasteiger partial charge is 0.507 e. The van der Waals surface area contributed by atoms with Crippen molar-refractivity contribution in [1.82, 2.24) is 9.80 Å². The lowest BCUT2D eigenvalue weighted by molar-refractivity contribution is 0.223. The van der Waals surface area contributed by atoms with Gasteiger partial charge in [0, 0.05) is 36.8 Å². The molecule has 3 atom stereocenters. The summed E-state index contributed by atoms with van der Waals surface area (Å²) in [4.78, 5) is 4.74. The predicted octanol–water partition coefficient (Wildman–Crippen LogP) is 2.34. The number of benzene rings is 1. The van der Waals surface area contributed by atoms with Gasteiger partial charge in [-0.1, -0.05) is 13.0 Å². The van der Waals surface area contributed by atoms with Crippen LogP contribution in [0.1, 0.15) is 25.5 Å². The van der Waals surface area contributed by atoms with Gasteiger partial charge in [0.1, 0.15) is 11.5 Å².